The molecule has 0 spiro atoms. The summed E-state index contributed by atoms with van der Waals surface area (Å²) in [6.45, 7) is 4.72. The van der Waals surface area contributed by atoms with Crippen molar-refractivity contribution < 1.29 is 13.2 Å². The molecule has 0 aliphatic heterocycles. The molecule has 0 radical (unpaired) electrons. The van der Waals surface area contributed by atoms with Gasteiger partial charge in [0.1, 0.15) is 15.6 Å². The van der Waals surface area contributed by atoms with E-state index < -0.39 is 9.84 Å². The number of ketones is 1. The molecule has 0 rings (SSSR count). The Morgan fingerprint density at radius 2 is 1.87 bits per heavy atom. The highest BCUT2D eigenvalue weighted by molar-refractivity contribution is 7.90. The molecule has 0 unspecified atom stereocenters. The fourth-order valence-corrected chi connectivity index (χ4v) is 1.83. The molecule has 0 fully saturated rings. The Morgan fingerprint density at radius 1 is 1.27 bits per heavy atom. The minimum atomic E-state index is -2.92. The Kier molecular flexibility index (Phi) is 6.76. The summed E-state index contributed by atoms with van der Waals surface area (Å²) >= 11 is 0. The molecule has 0 aromatic carbocycles. The molecule has 0 heterocycles. The zero-order chi connectivity index (χ0) is 11.9. The van der Waals surface area contributed by atoms with Gasteiger partial charge in [-0.3, -0.25) is 4.79 Å². The Labute approximate surface area is 92.4 Å². The Morgan fingerprint density at radius 3 is 2.33 bits per heavy atom. The number of Topliss-reactive ketones (excluding diaryl/α,β-unsaturated/α-hetero) is 1. The van der Waals surface area contributed by atoms with Crippen LogP contribution in [0.1, 0.15) is 33.1 Å². The van der Waals surface area contributed by atoms with E-state index in [-0.39, 0.29) is 11.5 Å². The van der Waals surface area contributed by atoms with Crippen LogP contribution in [0.2, 0.25) is 0 Å². The first-order valence-corrected chi connectivity index (χ1v) is 7.30. The molecule has 0 aliphatic rings. The molecule has 0 bridgehead atoms. The van der Waals surface area contributed by atoms with Crippen molar-refractivity contribution >= 4 is 15.6 Å². The quantitative estimate of drug-likeness (QED) is 0.675. The van der Waals surface area contributed by atoms with E-state index in [9.17, 15) is 13.2 Å². The molecule has 4 nitrogen and oxygen atoms in total. The minimum Gasteiger partial charge on any atom is -0.314 e. The smallest absolute Gasteiger partial charge is 0.147 e. The molecule has 0 aromatic heterocycles. The average Bonchev–Trinajstić information content (AvgIpc) is 2.00. The molecule has 15 heavy (non-hydrogen) atoms. The predicted molar refractivity (Wildman–Crippen MR) is 61.7 cm³/mol. The third-order valence-corrected chi connectivity index (χ3v) is 2.96. The van der Waals surface area contributed by atoms with Crippen LogP contribution in [0.4, 0.5) is 0 Å². The lowest BCUT2D eigenvalue weighted by atomic mass is 10.2. The third kappa shape index (κ3) is 11.5. The first-order chi connectivity index (χ1) is 6.81. The van der Waals surface area contributed by atoms with E-state index in [0.29, 0.717) is 31.8 Å². The van der Waals surface area contributed by atoms with Gasteiger partial charge in [-0.25, -0.2) is 8.42 Å². The normalized spacial score (nSPS) is 12.0. The minimum absolute atomic E-state index is 0.107. The van der Waals surface area contributed by atoms with Crippen LogP contribution in [0.3, 0.4) is 0 Å². The van der Waals surface area contributed by atoms with Gasteiger partial charge in [0.15, 0.2) is 0 Å². The van der Waals surface area contributed by atoms with Crippen LogP contribution in [0.15, 0.2) is 0 Å². The molecule has 0 aromatic rings. The summed E-state index contributed by atoms with van der Waals surface area (Å²) in [5.74, 6) is 0.239. The average molecular weight is 235 g/mol. The number of hydrogen-bond donors (Lipinski definition) is 1. The highest BCUT2D eigenvalue weighted by Gasteiger charge is 2.06. The van der Waals surface area contributed by atoms with Crippen molar-refractivity contribution in [2.75, 3.05) is 18.6 Å². The topological polar surface area (TPSA) is 63.2 Å². The summed E-state index contributed by atoms with van der Waals surface area (Å²) in [5, 5.41) is 3.14. The Bertz CT molecular complexity index is 283. The van der Waals surface area contributed by atoms with Gasteiger partial charge in [0.25, 0.3) is 0 Å². The van der Waals surface area contributed by atoms with Crippen molar-refractivity contribution in [2.45, 2.75) is 39.2 Å². The maximum atomic E-state index is 11.3. The van der Waals surface area contributed by atoms with Crippen molar-refractivity contribution in [3.05, 3.63) is 0 Å². The molecule has 0 aliphatic carbocycles. The molecule has 90 valence electrons. The van der Waals surface area contributed by atoms with Gasteiger partial charge in [-0.1, -0.05) is 13.8 Å². The number of sulfone groups is 1. The lowest BCUT2D eigenvalue weighted by Gasteiger charge is -2.06. The van der Waals surface area contributed by atoms with E-state index in [1.807, 2.05) is 13.8 Å². The summed E-state index contributed by atoms with van der Waals surface area (Å²) < 4.78 is 21.6. The monoisotopic (exact) mass is 235 g/mol. The first kappa shape index (κ1) is 14.6. The van der Waals surface area contributed by atoms with Crippen LogP contribution in [-0.2, 0) is 14.6 Å². The molecular formula is C10H21NO3S. The standard InChI is InChI=1S/C10H21NO3S/c1-9(2)11-7-6-10(12)5-4-8-15(3,13)14/h9,11H,4-8H2,1-3H3. The first-order valence-electron chi connectivity index (χ1n) is 5.24. The van der Waals surface area contributed by atoms with Gasteiger partial charge >= 0.3 is 0 Å². The lowest BCUT2D eigenvalue weighted by Crippen LogP contribution is -2.25. The number of carbonyl (C=O) groups is 1. The van der Waals surface area contributed by atoms with Crippen LogP contribution < -0.4 is 5.32 Å². The van der Waals surface area contributed by atoms with Crippen molar-refractivity contribution in [1.82, 2.24) is 5.32 Å². The van der Waals surface area contributed by atoms with Crippen LogP contribution in [-0.4, -0.2) is 38.8 Å². The summed E-state index contributed by atoms with van der Waals surface area (Å²) in [6.07, 6.45) is 2.49. The number of carbonyl (C=O) groups excluding carboxylic acids is 1. The van der Waals surface area contributed by atoms with Gasteiger partial charge in [0.05, 0.1) is 5.75 Å². The molecule has 0 atom stereocenters. The second-order valence-corrected chi connectivity index (χ2v) is 6.39. The van der Waals surface area contributed by atoms with E-state index in [4.69, 9.17) is 0 Å². The summed E-state index contributed by atoms with van der Waals surface area (Å²) in [6, 6.07) is 0.383. The molecular weight excluding hydrogens is 214 g/mol. The summed E-state index contributed by atoms with van der Waals surface area (Å²) in [4.78, 5) is 11.3. The number of nitrogens with one attached hydrogen (secondary N) is 1. The molecule has 0 saturated heterocycles. The summed E-state index contributed by atoms with van der Waals surface area (Å²) in [7, 11) is -2.92. The maximum absolute atomic E-state index is 11.3. The van der Waals surface area contributed by atoms with Crippen LogP contribution >= 0.6 is 0 Å². The summed E-state index contributed by atoms with van der Waals surface area (Å²) in [5.41, 5.74) is 0. The van der Waals surface area contributed by atoms with Gasteiger partial charge in [0.2, 0.25) is 0 Å². The van der Waals surface area contributed by atoms with E-state index in [0.717, 1.165) is 0 Å². The highest BCUT2D eigenvalue weighted by Crippen LogP contribution is 1.98. The predicted octanol–water partition coefficient (Wildman–Crippen LogP) is 0.768. The van der Waals surface area contributed by atoms with Crippen LogP contribution in [0.25, 0.3) is 0 Å². The van der Waals surface area contributed by atoms with Crippen molar-refractivity contribution in [3.63, 3.8) is 0 Å². The lowest BCUT2D eigenvalue weighted by molar-refractivity contribution is -0.119. The fourth-order valence-electron chi connectivity index (χ4n) is 1.16. The van der Waals surface area contributed by atoms with Crippen molar-refractivity contribution in [1.29, 1.82) is 0 Å². The Balaban J connectivity index is 3.50. The SMILES string of the molecule is CC(C)NCCC(=O)CCCS(C)(=O)=O. The second kappa shape index (κ2) is 6.95. The molecule has 0 amide bonds. The number of rotatable bonds is 8. The Hall–Kier alpha value is -0.420. The van der Waals surface area contributed by atoms with Gasteiger partial charge in [-0.15, -0.1) is 0 Å². The third-order valence-electron chi connectivity index (χ3n) is 1.93. The molecule has 1 N–H and O–H groups in total. The van der Waals surface area contributed by atoms with Gasteiger partial charge in [-0.05, 0) is 6.42 Å². The highest BCUT2D eigenvalue weighted by atomic mass is 32.2. The maximum Gasteiger partial charge on any atom is 0.147 e. The van der Waals surface area contributed by atoms with Crippen LogP contribution in [0, 0.1) is 0 Å². The van der Waals surface area contributed by atoms with Gasteiger partial charge in [-0.2, -0.15) is 0 Å². The van der Waals surface area contributed by atoms with Crippen molar-refractivity contribution in [2.24, 2.45) is 0 Å². The molecule has 0 saturated carbocycles. The van der Waals surface area contributed by atoms with Crippen LogP contribution in [0.5, 0.6) is 0 Å². The zero-order valence-corrected chi connectivity index (χ0v) is 10.6. The fraction of sp³-hybridized carbons (Fsp3) is 0.900. The van der Waals surface area contributed by atoms with Crippen molar-refractivity contribution in [3.8, 4) is 0 Å². The van der Waals surface area contributed by atoms with E-state index >= 15 is 0 Å². The second-order valence-electron chi connectivity index (χ2n) is 4.13. The largest absolute Gasteiger partial charge is 0.314 e. The van der Waals surface area contributed by atoms with E-state index in [1.54, 1.807) is 0 Å². The zero-order valence-electron chi connectivity index (χ0n) is 9.75. The van der Waals surface area contributed by atoms with Gasteiger partial charge < -0.3 is 5.32 Å². The van der Waals surface area contributed by atoms with E-state index in [2.05, 4.69) is 5.32 Å². The molecule has 5 heteroatoms. The van der Waals surface area contributed by atoms with Gasteiger partial charge in [0, 0.05) is 31.7 Å². The van der Waals surface area contributed by atoms with E-state index in [1.165, 1.54) is 6.26 Å². The number of hydrogen-bond acceptors (Lipinski definition) is 4.